The zero-order valence-corrected chi connectivity index (χ0v) is 47.4. The number of nitrogens with zero attached hydrogens (tertiary/aromatic N) is 5. The normalized spacial score (nSPS) is 14.5. The van der Waals surface area contributed by atoms with Crippen molar-refractivity contribution in [3.05, 3.63) is 112 Å². The molecular weight excluding hydrogens is 1080 g/mol. The van der Waals surface area contributed by atoms with Gasteiger partial charge in [0.2, 0.25) is 17.7 Å². The van der Waals surface area contributed by atoms with E-state index in [2.05, 4.69) is 21.2 Å². The predicted molar refractivity (Wildman–Crippen MR) is 294 cm³/mol. The fourth-order valence-corrected chi connectivity index (χ4v) is 7.01. The third-order valence-electron chi connectivity index (χ3n) is 9.89. The average molecular weight is 1150 g/mol. The van der Waals surface area contributed by atoms with Crippen LogP contribution >= 0.6 is 15.9 Å². The van der Waals surface area contributed by atoms with Crippen molar-refractivity contribution in [3.63, 3.8) is 0 Å². The first-order valence-electron chi connectivity index (χ1n) is 24.6. The molecule has 3 aliphatic rings. The molecule has 78 heavy (non-hydrogen) atoms. The van der Waals surface area contributed by atoms with Crippen LogP contribution in [0.3, 0.4) is 0 Å². The Bertz CT molecular complexity index is 2710. The van der Waals surface area contributed by atoms with Gasteiger partial charge in [-0.05, 0) is 129 Å². The average Bonchev–Trinajstić information content (AvgIpc) is 4.11. The van der Waals surface area contributed by atoms with Gasteiger partial charge in [-0.1, -0.05) is 70.5 Å². The van der Waals surface area contributed by atoms with Crippen molar-refractivity contribution in [1.82, 2.24) is 25.5 Å². The number of carbonyl (C=O) groups excluding carboxylic acids is 9. The molecule has 3 aromatic rings. The van der Waals surface area contributed by atoms with E-state index in [0.717, 1.165) is 16.1 Å². The van der Waals surface area contributed by atoms with E-state index >= 15 is 0 Å². The lowest BCUT2D eigenvalue weighted by molar-refractivity contribution is -0.138. The van der Waals surface area contributed by atoms with Crippen molar-refractivity contribution < 1.29 is 72.0 Å². The maximum Gasteiger partial charge on any atom is 0.412 e. The van der Waals surface area contributed by atoms with Gasteiger partial charge in [0, 0.05) is 22.7 Å². The summed E-state index contributed by atoms with van der Waals surface area (Å²) in [5.74, 6) is -2.07. The van der Waals surface area contributed by atoms with E-state index < -0.39 is 47.0 Å². The highest BCUT2D eigenvalue weighted by atomic mass is 79.9. The van der Waals surface area contributed by atoms with Crippen molar-refractivity contribution >= 4 is 99.4 Å². The number of benzene rings is 3. The van der Waals surface area contributed by atoms with Gasteiger partial charge in [-0.25, -0.2) is 29.5 Å². The third kappa shape index (κ3) is 22.7. The van der Waals surface area contributed by atoms with E-state index in [1.54, 1.807) is 137 Å². The smallest absolute Gasteiger partial charge is 0.412 e. The number of hydrogen-bond acceptors (Lipinski definition) is 15. The number of halogens is 1. The summed E-state index contributed by atoms with van der Waals surface area (Å²) in [6.45, 7) is 20.5. The monoisotopic (exact) mass is 1150 g/mol. The molecule has 6 rings (SSSR count). The molecule has 7 amide bonds. The number of nitrogens with one attached hydrogen (secondary N) is 2. The Morgan fingerprint density at radius 3 is 1.31 bits per heavy atom. The molecule has 0 saturated carbocycles. The maximum absolute atomic E-state index is 12.4. The zero-order valence-electron chi connectivity index (χ0n) is 45.8. The Morgan fingerprint density at radius 1 is 0.564 bits per heavy atom. The number of anilines is 2. The van der Waals surface area contributed by atoms with E-state index in [-0.39, 0.29) is 63.3 Å². The van der Waals surface area contributed by atoms with Gasteiger partial charge in [-0.15, -0.1) is 0 Å². The van der Waals surface area contributed by atoms with Gasteiger partial charge < -0.3 is 29.0 Å². The molecule has 3 aromatic carbocycles. The molecule has 22 nitrogen and oxygen atoms in total. The number of hydroxylamine groups is 1. The molecule has 422 valence electrons. The summed E-state index contributed by atoms with van der Waals surface area (Å²) in [5, 5.41) is 11.1. The van der Waals surface area contributed by atoms with Crippen LogP contribution in [0.5, 0.6) is 0 Å². The molecule has 3 aliphatic heterocycles. The van der Waals surface area contributed by atoms with Gasteiger partial charge in [0.05, 0.1) is 31.3 Å². The molecule has 0 unspecified atom stereocenters. The van der Waals surface area contributed by atoms with E-state index in [4.69, 9.17) is 28.9 Å². The molecule has 3 saturated heterocycles. The number of hydrogen-bond donors (Lipinski definition) is 3. The Morgan fingerprint density at radius 2 is 0.936 bits per heavy atom. The fraction of sp³-hybridized carbons (Fsp3) is 0.400. The molecule has 0 aliphatic carbocycles. The highest BCUT2D eigenvalue weighted by molar-refractivity contribution is 9.10. The molecule has 0 atom stereocenters. The van der Waals surface area contributed by atoms with E-state index in [1.165, 1.54) is 48.2 Å². The number of rotatable bonds is 10. The van der Waals surface area contributed by atoms with Crippen molar-refractivity contribution in [1.29, 1.82) is 0 Å². The van der Waals surface area contributed by atoms with Crippen molar-refractivity contribution in [2.24, 2.45) is 0 Å². The van der Waals surface area contributed by atoms with Gasteiger partial charge in [0.25, 0.3) is 5.91 Å². The summed E-state index contributed by atoms with van der Waals surface area (Å²) in [6, 6.07) is 21.8. The second-order valence-corrected chi connectivity index (χ2v) is 20.7. The Labute approximate surface area is 463 Å². The van der Waals surface area contributed by atoms with E-state index in [9.17, 15) is 43.2 Å². The fourth-order valence-electron chi connectivity index (χ4n) is 6.60. The van der Waals surface area contributed by atoms with Crippen LogP contribution in [-0.4, -0.2) is 143 Å². The van der Waals surface area contributed by atoms with Gasteiger partial charge >= 0.3 is 30.2 Å². The molecule has 0 spiro atoms. The first-order chi connectivity index (χ1) is 36.5. The predicted octanol–water partition coefficient (Wildman–Crippen LogP) is 7.89. The molecule has 3 N–H and O–H groups in total. The highest BCUT2D eigenvalue weighted by Gasteiger charge is 2.36. The number of ether oxygens (including phenoxy) is 5. The summed E-state index contributed by atoms with van der Waals surface area (Å²) >= 11 is 3.38. The molecule has 3 fully saturated rings. The summed E-state index contributed by atoms with van der Waals surface area (Å²) in [6.07, 6.45) is 7.13. The second-order valence-electron chi connectivity index (χ2n) is 19.8. The largest absolute Gasteiger partial charge is 0.463 e. The highest BCUT2D eigenvalue weighted by Crippen LogP contribution is 2.28. The summed E-state index contributed by atoms with van der Waals surface area (Å²) < 4.78 is 26.3. The lowest BCUT2D eigenvalue weighted by atomic mass is 10.1. The minimum atomic E-state index is -0.682. The van der Waals surface area contributed by atoms with Crippen molar-refractivity contribution in [3.8, 4) is 0 Å². The van der Waals surface area contributed by atoms with Gasteiger partial charge in [-0.2, -0.15) is 0 Å². The lowest BCUT2D eigenvalue weighted by Gasteiger charge is -2.24. The van der Waals surface area contributed by atoms with Crippen LogP contribution in [0.2, 0.25) is 0 Å². The topological polar surface area (TPSA) is 260 Å². The van der Waals surface area contributed by atoms with Crippen LogP contribution in [0.4, 0.5) is 25.8 Å². The molecule has 0 radical (unpaired) electrons. The van der Waals surface area contributed by atoms with Crippen LogP contribution in [0.1, 0.15) is 92.9 Å². The first-order valence-corrected chi connectivity index (χ1v) is 25.4. The van der Waals surface area contributed by atoms with Crippen LogP contribution in [0.15, 0.2) is 95.5 Å². The van der Waals surface area contributed by atoms with Crippen LogP contribution in [0, 0.1) is 0 Å². The molecule has 0 bridgehead atoms. The number of para-hydroxylation sites is 2. The van der Waals surface area contributed by atoms with Crippen LogP contribution < -0.4 is 20.6 Å². The zero-order chi connectivity index (χ0) is 58.4. The molecule has 23 heteroatoms. The lowest BCUT2D eigenvalue weighted by Crippen LogP contribution is -2.36. The standard InChI is InChI=1S/C19H24N2O5.C17H21N3O5.C11H11BrO2.C8H14N2O3/c1-5-25-17(23)11-10-14-8-6-7-9-15(14)21-13-20(12-16(21)22)18(24)26-19(2,3)4;1-17(2,3)25-16(23)19-10-15(22)20(11-19)13-7-5-4-6-12(13)8-9-14(21)18-24;1-2-14-11(13)8-7-9-5-3-4-6-10(9)12;1-8(2,3)13-7(12)10-4-6(11)9-5-10/h6-11H,5,12-13H2,1-4H3;4-9,24H,10-11H2,1-3H3,(H,18,21);3-8H,2H2,1H3;4-5H2,1-3H3,(H,9,11)/b11-10+;9-8+;8-7+;. The number of carbonyl (C=O) groups is 9. The maximum atomic E-state index is 12.4. The van der Waals surface area contributed by atoms with E-state index in [1.807, 2.05) is 24.3 Å². The van der Waals surface area contributed by atoms with Gasteiger partial charge in [0.1, 0.15) is 49.8 Å². The van der Waals surface area contributed by atoms with Crippen LogP contribution in [-0.2, 0) is 52.5 Å². The van der Waals surface area contributed by atoms with Gasteiger partial charge in [0.15, 0.2) is 0 Å². The summed E-state index contributed by atoms with van der Waals surface area (Å²) in [4.78, 5) is 112. The first kappa shape index (κ1) is 64.2. The van der Waals surface area contributed by atoms with Crippen molar-refractivity contribution in [2.45, 2.75) is 93.0 Å². The Hall–Kier alpha value is -8.05. The third-order valence-corrected chi connectivity index (χ3v) is 10.6. The molecular formula is C55H70BrN7O15. The quantitative estimate of drug-likeness (QED) is 0.0573. The van der Waals surface area contributed by atoms with E-state index in [0.29, 0.717) is 35.7 Å². The second kappa shape index (κ2) is 30.0. The van der Waals surface area contributed by atoms with Crippen molar-refractivity contribution in [2.75, 3.05) is 62.7 Å². The summed E-state index contributed by atoms with van der Waals surface area (Å²) in [7, 11) is 0. The SMILES string of the molecule is CC(C)(C)OC(=O)N1CC(=O)N(c2ccccc2/C=C/C(=O)NO)C1.CC(C)(C)OC(=O)N1CNC(=O)C1.CCOC(=O)/C=C/c1ccccc1Br.CCOC(=O)/C=C/c1ccccc1N1CN(C(=O)OC(C)(C)C)CC1=O. The molecule has 3 heterocycles. The number of amides is 7. The Kier molecular flexibility index (Phi) is 24.7. The van der Waals surface area contributed by atoms with Crippen LogP contribution in [0.25, 0.3) is 18.2 Å². The summed E-state index contributed by atoms with van der Waals surface area (Å²) in [5.41, 5.74) is 3.12. The Balaban J connectivity index is 0.000000286. The molecule has 0 aromatic heterocycles. The number of esters is 2. The minimum absolute atomic E-state index is 0.0508. The minimum Gasteiger partial charge on any atom is -0.463 e. The van der Waals surface area contributed by atoms with Gasteiger partial charge in [-0.3, -0.25) is 48.9 Å².